The molecule has 1 N–H and O–H groups in total. The normalized spacial score (nSPS) is 12.8. The summed E-state index contributed by atoms with van der Waals surface area (Å²) in [6.45, 7) is -1.24. The molecular weight excluding hydrogens is 520 g/mol. The molecule has 0 saturated heterocycles. The van der Waals surface area contributed by atoms with Gasteiger partial charge in [-0.25, -0.2) is 14.2 Å². The molecule has 0 amide bonds. The van der Waals surface area contributed by atoms with Crippen LogP contribution in [-0.2, 0) is 13.1 Å². The van der Waals surface area contributed by atoms with E-state index in [4.69, 9.17) is 34.8 Å². The van der Waals surface area contributed by atoms with Crippen LogP contribution in [-0.4, -0.2) is 46.7 Å². The lowest BCUT2D eigenvalue weighted by molar-refractivity contribution is -0.207. The fourth-order valence-corrected chi connectivity index (χ4v) is 3.62. The van der Waals surface area contributed by atoms with Crippen LogP contribution in [0.1, 0.15) is 5.69 Å². The van der Waals surface area contributed by atoms with E-state index in [2.05, 4.69) is 15.4 Å². The standard InChI is InChI=1S/C20H14Cl3F3N6O2/c21-12-6-4-11(5-7-12)18-28-32(19(34)30(18)10-16(33)20(24,25)26)9-13-8-31(29-27-13)15-3-1-2-14(22)17(15)23/h1-8,16,33H,9-10H2/t16-/m0/s1. The maximum absolute atomic E-state index is 13.0. The Labute approximate surface area is 204 Å². The number of aliphatic hydroxyl groups is 1. The third-order valence-corrected chi connectivity index (χ3v) is 5.85. The Hall–Kier alpha value is -2.86. The van der Waals surface area contributed by atoms with Crippen molar-refractivity contribution in [2.45, 2.75) is 25.4 Å². The smallest absolute Gasteiger partial charge is 0.382 e. The highest BCUT2D eigenvalue weighted by atomic mass is 35.5. The van der Waals surface area contributed by atoms with E-state index < -0.39 is 24.5 Å². The molecule has 0 fully saturated rings. The zero-order valence-corrected chi connectivity index (χ0v) is 19.2. The first-order chi connectivity index (χ1) is 16.0. The maximum atomic E-state index is 13.0. The average Bonchev–Trinajstić information content (AvgIpc) is 3.36. The number of nitrogens with zero attached hydrogens (tertiary/aromatic N) is 6. The molecule has 0 spiro atoms. The summed E-state index contributed by atoms with van der Waals surface area (Å²) in [4.78, 5) is 12.9. The minimum Gasteiger partial charge on any atom is -0.382 e. The van der Waals surface area contributed by atoms with Crippen LogP contribution in [0.5, 0.6) is 0 Å². The molecule has 0 unspecified atom stereocenters. The molecule has 0 aliphatic heterocycles. The van der Waals surface area contributed by atoms with E-state index in [9.17, 15) is 23.1 Å². The molecule has 14 heteroatoms. The molecule has 8 nitrogen and oxygen atoms in total. The van der Waals surface area contributed by atoms with Crippen LogP contribution in [0.25, 0.3) is 17.1 Å². The second-order valence-corrected chi connectivity index (χ2v) is 8.39. The highest BCUT2D eigenvalue weighted by Crippen LogP contribution is 2.28. The molecule has 0 radical (unpaired) electrons. The highest BCUT2D eigenvalue weighted by Gasteiger charge is 2.39. The van der Waals surface area contributed by atoms with Gasteiger partial charge in [-0.15, -0.1) is 10.2 Å². The number of halogens is 6. The average molecular weight is 534 g/mol. The Morgan fingerprint density at radius 3 is 2.44 bits per heavy atom. The van der Waals surface area contributed by atoms with Crippen molar-refractivity contribution in [3.63, 3.8) is 0 Å². The predicted molar refractivity (Wildman–Crippen MR) is 119 cm³/mol. The molecule has 2 aromatic heterocycles. The summed E-state index contributed by atoms with van der Waals surface area (Å²) < 4.78 is 42.0. The number of aliphatic hydroxyl groups excluding tert-OH is 1. The summed E-state index contributed by atoms with van der Waals surface area (Å²) in [5, 5.41) is 22.6. The van der Waals surface area contributed by atoms with Gasteiger partial charge < -0.3 is 5.11 Å². The van der Waals surface area contributed by atoms with Crippen LogP contribution >= 0.6 is 34.8 Å². The second-order valence-electron chi connectivity index (χ2n) is 7.17. The summed E-state index contributed by atoms with van der Waals surface area (Å²) in [6.07, 6.45) is -6.20. The quantitative estimate of drug-likeness (QED) is 0.401. The zero-order chi connectivity index (χ0) is 24.6. The maximum Gasteiger partial charge on any atom is 0.416 e. The molecule has 34 heavy (non-hydrogen) atoms. The molecular formula is C20H14Cl3F3N6O2. The van der Waals surface area contributed by atoms with E-state index in [0.717, 1.165) is 9.25 Å². The van der Waals surface area contributed by atoms with Crippen LogP contribution in [0, 0.1) is 0 Å². The lowest BCUT2D eigenvalue weighted by Crippen LogP contribution is -2.37. The predicted octanol–water partition coefficient (Wildman–Crippen LogP) is 4.22. The summed E-state index contributed by atoms with van der Waals surface area (Å²) in [5.41, 5.74) is 0.190. The Balaban J connectivity index is 1.71. The van der Waals surface area contributed by atoms with E-state index in [1.807, 2.05) is 0 Å². The second kappa shape index (κ2) is 9.41. The van der Waals surface area contributed by atoms with Crippen molar-refractivity contribution in [3.8, 4) is 17.1 Å². The number of hydrogen-bond donors (Lipinski definition) is 1. The molecule has 2 heterocycles. The van der Waals surface area contributed by atoms with Gasteiger partial charge in [0.2, 0.25) is 0 Å². The summed E-state index contributed by atoms with van der Waals surface area (Å²) in [5.74, 6) is -0.0738. The van der Waals surface area contributed by atoms with Gasteiger partial charge in [-0.1, -0.05) is 46.1 Å². The van der Waals surface area contributed by atoms with E-state index in [1.54, 1.807) is 18.2 Å². The van der Waals surface area contributed by atoms with Crippen molar-refractivity contribution >= 4 is 34.8 Å². The van der Waals surface area contributed by atoms with E-state index >= 15 is 0 Å². The van der Waals surface area contributed by atoms with Gasteiger partial charge in [-0.05, 0) is 36.4 Å². The van der Waals surface area contributed by atoms with Crippen molar-refractivity contribution in [1.82, 2.24) is 29.3 Å². The molecule has 178 valence electrons. The monoisotopic (exact) mass is 532 g/mol. The molecule has 1 atom stereocenters. The van der Waals surface area contributed by atoms with E-state index in [1.165, 1.54) is 35.1 Å². The van der Waals surface area contributed by atoms with Crippen molar-refractivity contribution in [3.05, 3.63) is 79.9 Å². The molecule has 0 aliphatic carbocycles. The number of benzene rings is 2. The Morgan fingerprint density at radius 1 is 1.06 bits per heavy atom. The minimum absolute atomic E-state index is 0.0738. The van der Waals surface area contributed by atoms with Crippen molar-refractivity contribution in [1.29, 1.82) is 0 Å². The van der Waals surface area contributed by atoms with Gasteiger partial charge in [0.1, 0.15) is 5.69 Å². The largest absolute Gasteiger partial charge is 0.416 e. The van der Waals surface area contributed by atoms with Gasteiger partial charge in [0.25, 0.3) is 0 Å². The highest BCUT2D eigenvalue weighted by molar-refractivity contribution is 6.43. The lowest BCUT2D eigenvalue weighted by atomic mass is 10.2. The van der Waals surface area contributed by atoms with Gasteiger partial charge in [0, 0.05) is 10.6 Å². The number of hydrogen-bond acceptors (Lipinski definition) is 5. The van der Waals surface area contributed by atoms with E-state index in [-0.39, 0.29) is 23.1 Å². The summed E-state index contributed by atoms with van der Waals surface area (Å²) in [7, 11) is 0. The first-order valence-electron chi connectivity index (χ1n) is 9.58. The third-order valence-electron chi connectivity index (χ3n) is 4.79. The van der Waals surface area contributed by atoms with Crippen molar-refractivity contribution in [2.75, 3.05) is 0 Å². The number of alkyl halides is 3. The number of aromatic nitrogens is 6. The Kier molecular flexibility index (Phi) is 6.72. The van der Waals surface area contributed by atoms with Crippen molar-refractivity contribution in [2.24, 2.45) is 0 Å². The SMILES string of the molecule is O=c1n(Cc2cn(-c3cccc(Cl)c3Cl)nn2)nc(-c2ccc(Cl)cc2)n1C[C@H](O)C(F)(F)F. The molecule has 0 saturated carbocycles. The first-order valence-corrected chi connectivity index (χ1v) is 10.7. The molecule has 4 aromatic rings. The molecule has 4 rings (SSSR count). The fourth-order valence-electron chi connectivity index (χ4n) is 3.11. The van der Waals surface area contributed by atoms with Crippen LogP contribution < -0.4 is 5.69 Å². The Morgan fingerprint density at radius 2 is 1.76 bits per heavy atom. The van der Waals surface area contributed by atoms with Gasteiger partial charge in [0.05, 0.1) is 35.0 Å². The topological polar surface area (TPSA) is 90.8 Å². The van der Waals surface area contributed by atoms with Gasteiger partial charge >= 0.3 is 11.9 Å². The van der Waals surface area contributed by atoms with Crippen LogP contribution in [0.4, 0.5) is 13.2 Å². The fraction of sp³-hybridized carbons (Fsp3) is 0.200. The van der Waals surface area contributed by atoms with Crippen LogP contribution in [0.2, 0.25) is 15.1 Å². The Bertz CT molecular complexity index is 1380. The van der Waals surface area contributed by atoms with Crippen LogP contribution in [0.3, 0.4) is 0 Å². The van der Waals surface area contributed by atoms with Gasteiger partial charge in [0.15, 0.2) is 11.9 Å². The first kappa shape index (κ1) is 24.3. The summed E-state index contributed by atoms with van der Waals surface area (Å²) in [6, 6.07) is 10.9. The zero-order valence-electron chi connectivity index (χ0n) is 16.9. The lowest BCUT2D eigenvalue weighted by Gasteiger charge is -2.15. The van der Waals surface area contributed by atoms with E-state index in [0.29, 0.717) is 21.3 Å². The van der Waals surface area contributed by atoms with Gasteiger partial charge in [-0.2, -0.15) is 13.2 Å². The number of rotatable bonds is 6. The molecule has 0 aliphatic rings. The molecule has 0 bridgehead atoms. The van der Waals surface area contributed by atoms with Gasteiger partial charge in [-0.3, -0.25) is 4.57 Å². The molecule has 2 aromatic carbocycles. The third kappa shape index (κ3) is 4.97. The van der Waals surface area contributed by atoms with Crippen LogP contribution in [0.15, 0.2) is 53.5 Å². The summed E-state index contributed by atoms with van der Waals surface area (Å²) >= 11 is 18.1. The minimum atomic E-state index is -4.92. The van der Waals surface area contributed by atoms with Crippen molar-refractivity contribution < 1.29 is 18.3 Å².